The van der Waals surface area contributed by atoms with E-state index in [0.29, 0.717) is 16.9 Å². The van der Waals surface area contributed by atoms with Crippen LogP contribution in [0.4, 0.5) is 11.4 Å². The molecule has 94 valence electrons. The van der Waals surface area contributed by atoms with Crippen LogP contribution in [-0.4, -0.2) is 12.5 Å². The predicted octanol–water partition coefficient (Wildman–Crippen LogP) is 2.22. The first-order valence-electron chi connectivity index (χ1n) is 5.79. The average molecular weight is 235 g/mol. The number of carbonyl (C=O) groups excluding carboxylic acids is 1. The summed E-state index contributed by atoms with van der Waals surface area (Å²) in [5, 5.41) is 3.23. The van der Waals surface area contributed by atoms with Crippen molar-refractivity contribution in [3.8, 4) is 0 Å². The van der Waals surface area contributed by atoms with Crippen LogP contribution in [0.5, 0.6) is 0 Å². The standard InChI is InChI=1S/C13H21N3O/c1-4-13(2,3)8-16-11-9(12(15)17)6-5-7-10(11)14/h5-7,16H,4,8,14H2,1-3H3,(H2,15,17). The zero-order valence-electron chi connectivity index (χ0n) is 10.7. The van der Waals surface area contributed by atoms with Crippen molar-refractivity contribution < 1.29 is 4.79 Å². The molecule has 0 aliphatic carbocycles. The highest BCUT2D eigenvalue weighted by atomic mass is 16.1. The molecule has 0 unspecified atom stereocenters. The summed E-state index contributed by atoms with van der Waals surface area (Å²) < 4.78 is 0. The molecule has 1 aromatic rings. The molecule has 1 aromatic carbocycles. The number of anilines is 2. The van der Waals surface area contributed by atoms with Gasteiger partial charge in [0.15, 0.2) is 0 Å². The van der Waals surface area contributed by atoms with E-state index in [1.165, 1.54) is 0 Å². The van der Waals surface area contributed by atoms with Gasteiger partial charge in [0.2, 0.25) is 0 Å². The van der Waals surface area contributed by atoms with E-state index in [1.807, 2.05) is 0 Å². The lowest BCUT2D eigenvalue weighted by Crippen LogP contribution is -2.24. The number of primary amides is 1. The highest BCUT2D eigenvalue weighted by Gasteiger charge is 2.17. The van der Waals surface area contributed by atoms with Crippen molar-refractivity contribution in [1.29, 1.82) is 0 Å². The Morgan fingerprint density at radius 2 is 2.06 bits per heavy atom. The number of nitrogens with two attached hydrogens (primary N) is 2. The van der Waals surface area contributed by atoms with Crippen LogP contribution in [0.25, 0.3) is 0 Å². The van der Waals surface area contributed by atoms with Crippen LogP contribution in [0.3, 0.4) is 0 Å². The fourth-order valence-electron chi connectivity index (χ4n) is 1.43. The molecule has 1 amide bonds. The summed E-state index contributed by atoms with van der Waals surface area (Å²) in [5.41, 5.74) is 13.0. The summed E-state index contributed by atoms with van der Waals surface area (Å²) >= 11 is 0. The van der Waals surface area contributed by atoms with Gasteiger partial charge in [0.1, 0.15) is 0 Å². The SMILES string of the molecule is CCC(C)(C)CNc1c(N)cccc1C(N)=O. The minimum absolute atomic E-state index is 0.150. The minimum atomic E-state index is -0.464. The van der Waals surface area contributed by atoms with Crippen LogP contribution in [0.2, 0.25) is 0 Å². The Morgan fingerprint density at radius 1 is 1.41 bits per heavy atom. The molecule has 0 atom stereocenters. The summed E-state index contributed by atoms with van der Waals surface area (Å²) in [4.78, 5) is 11.3. The van der Waals surface area contributed by atoms with E-state index in [2.05, 4.69) is 26.1 Å². The van der Waals surface area contributed by atoms with Gasteiger partial charge in [-0.25, -0.2) is 0 Å². The van der Waals surface area contributed by atoms with Crippen LogP contribution in [0.1, 0.15) is 37.6 Å². The number of nitrogens with one attached hydrogen (secondary N) is 1. The van der Waals surface area contributed by atoms with Crippen molar-refractivity contribution in [2.24, 2.45) is 11.1 Å². The predicted molar refractivity (Wildman–Crippen MR) is 71.9 cm³/mol. The molecule has 0 saturated heterocycles. The van der Waals surface area contributed by atoms with Gasteiger partial charge in [-0.2, -0.15) is 0 Å². The molecule has 1 rings (SSSR count). The Kier molecular flexibility index (Phi) is 3.99. The molecule has 0 aliphatic heterocycles. The largest absolute Gasteiger partial charge is 0.397 e. The Hall–Kier alpha value is -1.71. The number of hydrogen-bond acceptors (Lipinski definition) is 3. The first-order valence-corrected chi connectivity index (χ1v) is 5.79. The maximum absolute atomic E-state index is 11.3. The molecule has 17 heavy (non-hydrogen) atoms. The van der Waals surface area contributed by atoms with E-state index in [1.54, 1.807) is 18.2 Å². The Labute approximate surface area is 102 Å². The number of nitrogen functional groups attached to an aromatic ring is 1. The summed E-state index contributed by atoms with van der Waals surface area (Å²) in [6.07, 6.45) is 1.04. The quantitative estimate of drug-likeness (QED) is 0.684. The van der Waals surface area contributed by atoms with Crippen molar-refractivity contribution in [3.05, 3.63) is 23.8 Å². The number of amides is 1. The number of para-hydroxylation sites is 1. The van der Waals surface area contributed by atoms with Gasteiger partial charge in [-0.15, -0.1) is 0 Å². The van der Waals surface area contributed by atoms with Gasteiger partial charge in [0.05, 0.1) is 16.9 Å². The third-order valence-corrected chi connectivity index (χ3v) is 3.06. The lowest BCUT2D eigenvalue weighted by atomic mass is 9.90. The third-order valence-electron chi connectivity index (χ3n) is 3.06. The van der Waals surface area contributed by atoms with Gasteiger partial charge in [-0.05, 0) is 24.0 Å². The summed E-state index contributed by atoms with van der Waals surface area (Å²) in [6.45, 7) is 7.19. The molecule has 5 N–H and O–H groups in total. The molecule has 0 fully saturated rings. The van der Waals surface area contributed by atoms with Crippen LogP contribution in [-0.2, 0) is 0 Å². The van der Waals surface area contributed by atoms with E-state index in [4.69, 9.17) is 11.5 Å². The van der Waals surface area contributed by atoms with Crippen LogP contribution < -0.4 is 16.8 Å². The van der Waals surface area contributed by atoms with Crippen molar-refractivity contribution >= 4 is 17.3 Å². The molecule has 0 aromatic heterocycles. The lowest BCUT2D eigenvalue weighted by molar-refractivity contribution is 0.100. The maximum atomic E-state index is 11.3. The molecule has 4 nitrogen and oxygen atoms in total. The second-order valence-electron chi connectivity index (χ2n) is 5.01. The minimum Gasteiger partial charge on any atom is -0.397 e. The second-order valence-corrected chi connectivity index (χ2v) is 5.01. The zero-order valence-corrected chi connectivity index (χ0v) is 10.7. The number of benzene rings is 1. The van der Waals surface area contributed by atoms with E-state index in [-0.39, 0.29) is 5.41 Å². The molecular formula is C13H21N3O. The van der Waals surface area contributed by atoms with E-state index in [9.17, 15) is 4.79 Å². The summed E-state index contributed by atoms with van der Waals surface area (Å²) in [6, 6.07) is 5.17. The summed E-state index contributed by atoms with van der Waals surface area (Å²) in [7, 11) is 0. The van der Waals surface area contributed by atoms with E-state index < -0.39 is 5.91 Å². The van der Waals surface area contributed by atoms with E-state index in [0.717, 1.165) is 13.0 Å². The smallest absolute Gasteiger partial charge is 0.250 e. The average Bonchev–Trinajstić information content (AvgIpc) is 2.27. The van der Waals surface area contributed by atoms with Crippen molar-refractivity contribution in [2.75, 3.05) is 17.6 Å². The third kappa shape index (κ3) is 3.37. The number of rotatable bonds is 5. The first-order chi connectivity index (χ1) is 7.87. The fraction of sp³-hybridized carbons (Fsp3) is 0.462. The van der Waals surface area contributed by atoms with Gasteiger partial charge >= 0.3 is 0 Å². The van der Waals surface area contributed by atoms with Gasteiger partial charge < -0.3 is 16.8 Å². The molecular weight excluding hydrogens is 214 g/mol. The van der Waals surface area contributed by atoms with Crippen molar-refractivity contribution in [1.82, 2.24) is 0 Å². The van der Waals surface area contributed by atoms with Gasteiger partial charge in [-0.3, -0.25) is 4.79 Å². The Morgan fingerprint density at radius 3 is 2.59 bits per heavy atom. The second kappa shape index (κ2) is 5.08. The zero-order chi connectivity index (χ0) is 13.1. The van der Waals surface area contributed by atoms with E-state index >= 15 is 0 Å². The maximum Gasteiger partial charge on any atom is 0.250 e. The van der Waals surface area contributed by atoms with Gasteiger partial charge in [0.25, 0.3) is 5.91 Å². The van der Waals surface area contributed by atoms with Crippen molar-refractivity contribution in [3.63, 3.8) is 0 Å². The normalized spacial score (nSPS) is 11.2. The fourth-order valence-corrected chi connectivity index (χ4v) is 1.43. The lowest BCUT2D eigenvalue weighted by Gasteiger charge is -2.24. The van der Waals surface area contributed by atoms with Crippen molar-refractivity contribution in [2.45, 2.75) is 27.2 Å². The molecule has 0 bridgehead atoms. The Balaban J connectivity index is 2.94. The van der Waals surface area contributed by atoms with Crippen LogP contribution in [0.15, 0.2) is 18.2 Å². The summed E-state index contributed by atoms with van der Waals surface area (Å²) in [5.74, 6) is -0.464. The molecule has 0 radical (unpaired) electrons. The highest BCUT2D eigenvalue weighted by Crippen LogP contribution is 2.26. The topological polar surface area (TPSA) is 81.1 Å². The molecule has 0 heterocycles. The molecule has 4 heteroatoms. The van der Waals surface area contributed by atoms with Gasteiger partial charge in [-0.1, -0.05) is 26.8 Å². The Bertz CT molecular complexity index is 413. The monoisotopic (exact) mass is 235 g/mol. The number of hydrogen-bond donors (Lipinski definition) is 3. The number of carbonyl (C=O) groups is 1. The molecule has 0 saturated carbocycles. The first kappa shape index (κ1) is 13.4. The highest BCUT2D eigenvalue weighted by molar-refractivity contribution is 6.01. The molecule has 0 spiro atoms. The van der Waals surface area contributed by atoms with Crippen LogP contribution >= 0.6 is 0 Å². The van der Waals surface area contributed by atoms with Gasteiger partial charge in [0, 0.05) is 6.54 Å². The molecule has 0 aliphatic rings. The van der Waals surface area contributed by atoms with Crippen LogP contribution in [0, 0.1) is 5.41 Å².